The van der Waals surface area contributed by atoms with E-state index in [-0.39, 0.29) is 5.41 Å². The molecule has 0 amide bonds. The van der Waals surface area contributed by atoms with E-state index in [1.807, 2.05) is 11.3 Å². The van der Waals surface area contributed by atoms with Gasteiger partial charge >= 0.3 is 0 Å². The number of hydrogen-bond acceptors (Lipinski definition) is 6. The summed E-state index contributed by atoms with van der Waals surface area (Å²) in [6.45, 7) is 13.2. The van der Waals surface area contributed by atoms with Gasteiger partial charge in [0.1, 0.15) is 5.76 Å². The molecule has 1 saturated heterocycles. The Morgan fingerprint density at radius 3 is 2.62 bits per heavy atom. The highest BCUT2D eigenvalue weighted by Gasteiger charge is 2.24. The van der Waals surface area contributed by atoms with Crippen molar-refractivity contribution in [2.75, 3.05) is 39.9 Å². The molecule has 1 aliphatic rings. The zero-order chi connectivity index (χ0) is 20.9. The van der Waals surface area contributed by atoms with E-state index in [9.17, 15) is 0 Å². The second-order valence-corrected chi connectivity index (χ2v) is 9.61. The van der Waals surface area contributed by atoms with Gasteiger partial charge in [0, 0.05) is 41.9 Å². The maximum atomic E-state index is 5.86. The van der Waals surface area contributed by atoms with Gasteiger partial charge in [-0.25, -0.2) is 4.98 Å². The highest BCUT2D eigenvalue weighted by atomic mass is 32.1. The maximum Gasteiger partial charge on any atom is 0.213 e. The Labute approximate surface area is 177 Å². The van der Waals surface area contributed by atoms with Crippen LogP contribution >= 0.6 is 11.3 Å². The Morgan fingerprint density at radius 1 is 1.28 bits per heavy atom. The molecule has 8 heteroatoms. The van der Waals surface area contributed by atoms with Gasteiger partial charge in [-0.3, -0.25) is 9.89 Å². The fourth-order valence-corrected chi connectivity index (χ4v) is 4.26. The molecule has 7 nitrogen and oxygen atoms in total. The molecular weight excluding hydrogens is 386 g/mol. The number of nitrogens with zero attached hydrogens (tertiary/aromatic N) is 3. The molecule has 0 bridgehead atoms. The minimum Gasteiger partial charge on any atom is -0.443 e. The van der Waals surface area contributed by atoms with Crippen LogP contribution < -0.4 is 10.6 Å². The zero-order valence-corrected chi connectivity index (χ0v) is 18.9. The van der Waals surface area contributed by atoms with Crippen LogP contribution in [0.2, 0.25) is 0 Å². The molecule has 2 N–H and O–H groups in total. The number of nitrogens with one attached hydrogen (secondary N) is 2. The second kappa shape index (κ2) is 9.73. The summed E-state index contributed by atoms with van der Waals surface area (Å²) in [5.41, 5.74) is -0.0462. The number of ether oxygens (including phenoxy) is 1. The Morgan fingerprint density at radius 2 is 2.03 bits per heavy atom. The summed E-state index contributed by atoms with van der Waals surface area (Å²) >= 11 is 1.86. The van der Waals surface area contributed by atoms with Crippen LogP contribution in [0.15, 0.2) is 27.7 Å². The first kappa shape index (κ1) is 21.8. The molecule has 1 aliphatic heterocycles. The standard InChI is InChI=1S/C21H33N5O2S/c1-15-6-7-17(29-15)16(26-8-10-27-11-9-26)12-24-20(22-5)25-14-19-23-13-18(28-19)21(2,3)4/h6-7,13,16H,8-12,14H2,1-5H3,(H2,22,24,25). The molecule has 29 heavy (non-hydrogen) atoms. The third kappa shape index (κ3) is 6.04. The molecule has 0 spiro atoms. The molecular formula is C21H33N5O2S. The lowest BCUT2D eigenvalue weighted by molar-refractivity contribution is 0.0177. The van der Waals surface area contributed by atoms with Crippen molar-refractivity contribution in [2.24, 2.45) is 4.99 Å². The third-order valence-electron chi connectivity index (χ3n) is 4.96. The van der Waals surface area contributed by atoms with Crippen molar-refractivity contribution in [3.63, 3.8) is 0 Å². The van der Waals surface area contributed by atoms with E-state index in [2.05, 4.69) is 65.3 Å². The summed E-state index contributed by atoms with van der Waals surface area (Å²) in [6.07, 6.45) is 1.81. The molecule has 1 atom stereocenters. The lowest BCUT2D eigenvalue weighted by atomic mass is 9.94. The average Bonchev–Trinajstić information content (AvgIpc) is 3.34. The third-order valence-corrected chi connectivity index (χ3v) is 6.06. The van der Waals surface area contributed by atoms with Crippen molar-refractivity contribution in [2.45, 2.75) is 45.7 Å². The summed E-state index contributed by atoms with van der Waals surface area (Å²) < 4.78 is 11.4. The minimum absolute atomic E-state index is 0.0462. The van der Waals surface area contributed by atoms with Crippen LogP contribution in [0.3, 0.4) is 0 Å². The monoisotopic (exact) mass is 419 g/mol. The quantitative estimate of drug-likeness (QED) is 0.554. The predicted molar refractivity (Wildman–Crippen MR) is 118 cm³/mol. The van der Waals surface area contributed by atoms with Crippen molar-refractivity contribution in [1.29, 1.82) is 0 Å². The van der Waals surface area contributed by atoms with Crippen LogP contribution in [0.4, 0.5) is 0 Å². The van der Waals surface area contributed by atoms with Gasteiger partial charge < -0.3 is 19.8 Å². The molecule has 2 aromatic rings. The minimum atomic E-state index is -0.0462. The van der Waals surface area contributed by atoms with Crippen molar-refractivity contribution < 1.29 is 9.15 Å². The first-order valence-electron chi connectivity index (χ1n) is 10.1. The molecule has 0 aromatic carbocycles. The Kier molecular flexibility index (Phi) is 7.32. The molecule has 0 aliphatic carbocycles. The summed E-state index contributed by atoms with van der Waals surface area (Å²) in [6, 6.07) is 4.72. The number of aliphatic imine (C=N–C) groups is 1. The molecule has 2 aromatic heterocycles. The van der Waals surface area contributed by atoms with Gasteiger partial charge in [0.15, 0.2) is 5.96 Å². The molecule has 0 radical (unpaired) electrons. The number of aromatic nitrogens is 1. The van der Waals surface area contributed by atoms with Gasteiger partial charge in [0.2, 0.25) is 5.89 Å². The number of morpholine rings is 1. The highest BCUT2D eigenvalue weighted by Crippen LogP contribution is 2.28. The number of thiophene rings is 1. The molecule has 3 rings (SSSR count). The van der Waals surface area contributed by atoms with Crippen LogP contribution in [-0.2, 0) is 16.7 Å². The number of rotatable bonds is 6. The normalized spacial score (nSPS) is 17.3. The van der Waals surface area contributed by atoms with Gasteiger partial charge in [-0.1, -0.05) is 20.8 Å². The lowest BCUT2D eigenvalue weighted by Gasteiger charge is -2.34. The fourth-order valence-electron chi connectivity index (χ4n) is 3.24. The van der Waals surface area contributed by atoms with Gasteiger partial charge in [0.05, 0.1) is 32.0 Å². The first-order valence-corrected chi connectivity index (χ1v) is 11.0. The largest absolute Gasteiger partial charge is 0.443 e. The van der Waals surface area contributed by atoms with Crippen molar-refractivity contribution in [3.05, 3.63) is 39.7 Å². The summed E-state index contributed by atoms with van der Waals surface area (Å²) in [5, 5.41) is 6.78. The molecule has 3 heterocycles. The Hall–Kier alpha value is -1.90. The summed E-state index contributed by atoms with van der Waals surface area (Å²) in [5.74, 6) is 2.29. The van der Waals surface area contributed by atoms with E-state index in [0.717, 1.165) is 44.6 Å². The fraction of sp³-hybridized carbons (Fsp3) is 0.619. The van der Waals surface area contributed by atoms with E-state index in [4.69, 9.17) is 9.15 Å². The van der Waals surface area contributed by atoms with Crippen molar-refractivity contribution in [3.8, 4) is 0 Å². The van der Waals surface area contributed by atoms with E-state index in [1.54, 1.807) is 13.2 Å². The van der Waals surface area contributed by atoms with Crippen molar-refractivity contribution >= 4 is 17.3 Å². The number of oxazole rings is 1. The van der Waals surface area contributed by atoms with Crippen LogP contribution in [0.5, 0.6) is 0 Å². The summed E-state index contributed by atoms with van der Waals surface area (Å²) in [4.78, 5) is 13.9. The van der Waals surface area contributed by atoms with Crippen LogP contribution in [0, 0.1) is 6.92 Å². The Bertz CT molecular complexity index is 802. The predicted octanol–water partition coefficient (Wildman–Crippen LogP) is 3.08. The lowest BCUT2D eigenvalue weighted by Crippen LogP contribution is -2.46. The number of aryl methyl sites for hydroxylation is 1. The van der Waals surface area contributed by atoms with Crippen LogP contribution in [-0.4, -0.2) is 55.7 Å². The zero-order valence-electron chi connectivity index (χ0n) is 18.1. The topological polar surface area (TPSA) is 74.9 Å². The molecule has 1 unspecified atom stereocenters. The van der Waals surface area contributed by atoms with Gasteiger partial charge in [0.25, 0.3) is 0 Å². The average molecular weight is 420 g/mol. The maximum absolute atomic E-state index is 5.86. The van der Waals surface area contributed by atoms with Gasteiger partial charge in [-0.2, -0.15) is 0 Å². The first-order chi connectivity index (χ1) is 13.9. The number of hydrogen-bond donors (Lipinski definition) is 2. The van der Waals surface area contributed by atoms with E-state index in [1.165, 1.54) is 9.75 Å². The van der Waals surface area contributed by atoms with E-state index < -0.39 is 0 Å². The molecule has 1 fully saturated rings. The summed E-state index contributed by atoms with van der Waals surface area (Å²) in [7, 11) is 1.78. The van der Waals surface area contributed by atoms with E-state index >= 15 is 0 Å². The van der Waals surface area contributed by atoms with Crippen LogP contribution in [0.1, 0.15) is 48.2 Å². The van der Waals surface area contributed by atoms with Gasteiger partial charge in [-0.05, 0) is 19.1 Å². The molecule has 160 valence electrons. The van der Waals surface area contributed by atoms with Gasteiger partial charge in [-0.15, -0.1) is 11.3 Å². The SMILES string of the molecule is CN=C(NCc1ncc(C(C)(C)C)o1)NCC(c1ccc(C)s1)N1CCOCC1. The van der Waals surface area contributed by atoms with Crippen LogP contribution in [0.25, 0.3) is 0 Å². The Balaban J connectivity index is 1.59. The highest BCUT2D eigenvalue weighted by molar-refractivity contribution is 7.12. The van der Waals surface area contributed by atoms with Crippen molar-refractivity contribution in [1.82, 2.24) is 20.5 Å². The van der Waals surface area contributed by atoms with E-state index in [0.29, 0.717) is 18.5 Å². The molecule has 0 saturated carbocycles. The smallest absolute Gasteiger partial charge is 0.213 e. The second-order valence-electron chi connectivity index (χ2n) is 8.29. The number of guanidine groups is 1.